The zero-order chi connectivity index (χ0) is 24.4. The lowest BCUT2D eigenvalue weighted by Crippen LogP contribution is -2.25. The number of allylic oxidation sites excluding steroid dienone is 1. The highest BCUT2D eigenvalue weighted by atomic mass is 16.5. The Morgan fingerprint density at radius 2 is 2.23 bits per heavy atom. The molecule has 0 radical (unpaired) electrons. The highest BCUT2D eigenvalue weighted by Gasteiger charge is 2.23. The fourth-order valence-corrected chi connectivity index (χ4v) is 4.40. The molecule has 0 spiro atoms. The molecule has 1 saturated heterocycles. The van der Waals surface area contributed by atoms with E-state index < -0.39 is 0 Å². The number of hydrogen-bond donors (Lipinski definition) is 1. The number of nitrogens with two attached hydrogens (primary N) is 1. The Bertz CT molecular complexity index is 1480. The molecule has 4 aromatic rings. The summed E-state index contributed by atoms with van der Waals surface area (Å²) in [5.41, 5.74) is 9.44. The second kappa shape index (κ2) is 9.67. The number of hydrogen-bond acceptors (Lipinski definition) is 9. The van der Waals surface area contributed by atoms with Crippen molar-refractivity contribution in [1.82, 2.24) is 19.5 Å². The minimum atomic E-state index is -0.376. The van der Waals surface area contributed by atoms with E-state index in [0.29, 0.717) is 57.9 Å². The van der Waals surface area contributed by atoms with Gasteiger partial charge in [0.1, 0.15) is 11.2 Å². The van der Waals surface area contributed by atoms with Crippen molar-refractivity contribution < 1.29 is 13.9 Å². The van der Waals surface area contributed by atoms with Crippen LogP contribution in [0.2, 0.25) is 0 Å². The predicted molar refractivity (Wildman–Crippen MR) is 134 cm³/mol. The molecule has 4 aromatic heterocycles. The number of nitrogens with zero attached hydrogens (tertiary/aromatic N) is 5. The van der Waals surface area contributed by atoms with Crippen molar-refractivity contribution in [2.24, 2.45) is 10.7 Å². The summed E-state index contributed by atoms with van der Waals surface area (Å²) in [4.78, 5) is 30.5. The van der Waals surface area contributed by atoms with E-state index in [-0.39, 0.29) is 11.8 Å². The summed E-state index contributed by atoms with van der Waals surface area (Å²) in [5, 5.41) is 0.691. The molecule has 0 saturated carbocycles. The van der Waals surface area contributed by atoms with Crippen LogP contribution in [0.1, 0.15) is 24.8 Å². The van der Waals surface area contributed by atoms with Crippen LogP contribution in [0.3, 0.4) is 0 Å². The molecule has 35 heavy (non-hydrogen) atoms. The van der Waals surface area contributed by atoms with Crippen LogP contribution >= 0.6 is 0 Å². The second-order valence-corrected chi connectivity index (χ2v) is 8.27. The Hall–Kier alpha value is -4.05. The molecule has 2 N–H and O–H groups in total. The van der Waals surface area contributed by atoms with Gasteiger partial charge >= 0.3 is 5.69 Å². The molecule has 1 aliphatic rings. The van der Waals surface area contributed by atoms with Crippen molar-refractivity contribution in [2.45, 2.75) is 31.9 Å². The first-order chi connectivity index (χ1) is 17.1. The van der Waals surface area contributed by atoms with Crippen molar-refractivity contribution >= 4 is 34.0 Å². The highest BCUT2D eigenvalue weighted by molar-refractivity contribution is 6.12. The van der Waals surface area contributed by atoms with E-state index >= 15 is 0 Å². The number of aromatic nitrogens is 4. The van der Waals surface area contributed by atoms with Gasteiger partial charge in [-0.2, -0.15) is 4.98 Å². The standard InChI is InChI=1S/C25H26N6O4/c1-27-12-17(11-26)16-10-19-22-23(35-24(19)29-14-16)21(15-5-6-20(33-2)28-13-15)30-25(32)31(22)8-7-18-4-3-9-34-18/h5-6,10-14,18H,3-4,7-9,26H2,1-2H3/b17-11+,27-12?. The van der Waals surface area contributed by atoms with Crippen molar-refractivity contribution in [3.05, 3.63) is 52.8 Å². The van der Waals surface area contributed by atoms with Gasteiger partial charge in [-0.3, -0.25) is 9.56 Å². The summed E-state index contributed by atoms with van der Waals surface area (Å²) in [6.45, 7) is 1.20. The van der Waals surface area contributed by atoms with Crippen LogP contribution in [-0.2, 0) is 11.3 Å². The Balaban J connectivity index is 1.73. The second-order valence-electron chi connectivity index (χ2n) is 8.27. The summed E-state index contributed by atoms with van der Waals surface area (Å²) in [7, 11) is 3.22. The average molecular weight is 475 g/mol. The molecule has 10 heteroatoms. The minimum Gasteiger partial charge on any atom is -0.481 e. The lowest BCUT2D eigenvalue weighted by molar-refractivity contribution is 0.100. The molecule has 0 aromatic carbocycles. The summed E-state index contributed by atoms with van der Waals surface area (Å²) in [5.74, 6) is 0.463. The van der Waals surface area contributed by atoms with Gasteiger partial charge < -0.3 is 19.6 Å². The maximum atomic E-state index is 13.3. The molecule has 5 rings (SSSR count). The Morgan fingerprint density at radius 1 is 1.34 bits per heavy atom. The molecule has 0 aliphatic carbocycles. The summed E-state index contributed by atoms with van der Waals surface area (Å²) in [6.07, 6.45) is 9.26. The van der Waals surface area contributed by atoms with Crippen molar-refractivity contribution in [3.63, 3.8) is 0 Å². The molecule has 180 valence electrons. The number of ether oxygens (including phenoxy) is 2. The zero-order valence-electron chi connectivity index (χ0n) is 19.6. The first-order valence-electron chi connectivity index (χ1n) is 11.4. The van der Waals surface area contributed by atoms with E-state index in [1.807, 2.05) is 6.07 Å². The molecule has 5 heterocycles. The van der Waals surface area contributed by atoms with Gasteiger partial charge in [0.2, 0.25) is 11.6 Å². The van der Waals surface area contributed by atoms with E-state index in [4.69, 9.17) is 19.6 Å². The van der Waals surface area contributed by atoms with Crippen LogP contribution in [0.4, 0.5) is 0 Å². The van der Waals surface area contributed by atoms with Crippen LogP contribution in [-0.4, -0.2) is 52.6 Å². The minimum absolute atomic E-state index is 0.127. The molecular weight excluding hydrogens is 448 g/mol. The number of pyridine rings is 2. The fraction of sp³-hybridized carbons (Fsp3) is 0.320. The van der Waals surface area contributed by atoms with E-state index in [0.717, 1.165) is 25.0 Å². The first-order valence-corrected chi connectivity index (χ1v) is 11.4. The number of methoxy groups -OCH3 is 1. The molecule has 1 unspecified atom stereocenters. The molecular formula is C25H26N6O4. The lowest BCUT2D eigenvalue weighted by atomic mass is 10.1. The van der Waals surface area contributed by atoms with Crippen molar-refractivity contribution in [2.75, 3.05) is 20.8 Å². The third-order valence-electron chi connectivity index (χ3n) is 6.14. The average Bonchev–Trinajstić information content (AvgIpc) is 3.54. The summed E-state index contributed by atoms with van der Waals surface area (Å²) < 4.78 is 18.8. The number of aryl methyl sites for hydroxylation is 1. The molecule has 0 bridgehead atoms. The number of aliphatic imine (C=N–C) groups is 1. The van der Waals surface area contributed by atoms with Crippen LogP contribution in [0.15, 0.2) is 51.0 Å². The molecule has 1 fully saturated rings. The zero-order valence-corrected chi connectivity index (χ0v) is 19.6. The smallest absolute Gasteiger partial charge is 0.348 e. The van der Waals surface area contributed by atoms with Gasteiger partial charge in [-0.05, 0) is 31.4 Å². The van der Waals surface area contributed by atoms with Crippen LogP contribution in [0.5, 0.6) is 5.88 Å². The highest BCUT2D eigenvalue weighted by Crippen LogP contribution is 2.34. The van der Waals surface area contributed by atoms with Crippen molar-refractivity contribution in [3.8, 4) is 17.1 Å². The Labute approximate surface area is 201 Å². The molecule has 10 nitrogen and oxygen atoms in total. The largest absolute Gasteiger partial charge is 0.481 e. The SMILES string of the molecule is CN=C/C(=C\N)c1cnc2oc3c(-c4ccc(OC)nc4)nc(=O)n(CCC4CCCO4)c3c2c1. The van der Waals surface area contributed by atoms with Gasteiger partial charge in [-0.25, -0.2) is 14.8 Å². The monoisotopic (exact) mass is 474 g/mol. The maximum Gasteiger partial charge on any atom is 0.348 e. The van der Waals surface area contributed by atoms with Crippen molar-refractivity contribution in [1.29, 1.82) is 0 Å². The fourth-order valence-electron chi connectivity index (χ4n) is 4.40. The topological polar surface area (TPSA) is 131 Å². The Kier molecular flexibility index (Phi) is 6.28. The van der Waals surface area contributed by atoms with Gasteiger partial charge in [0.25, 0.3) is 0 Å². The number of furan rings is 1. The van der Waals surface area contributed by atoms with E-state index in [1.165, 1.54) is 6.20 Å². The van der Waals surface area contributed by atoms with Gasteiger partial charge in [0.05, 0.1) is 18.6 Å². The third kappa shape index (κ3) is 4.28. The van der Waals surface area contributed by atoms with Crippen LogP contribution < -0.4 is 16.2 Å². The van der Waals surface area contributed by atoms with Gasteiger partial charge in [-0.1, -0.05) is 0 Å². The van der Waals surface area contributed by atoms with Gasteiger partial charge in [-0.15, -0.1) is 0 Å². The summed E-state index contributed by atoms with van der Waals surface area (Å²) in [6, 6.07) is 5.42. The number of fused-ring (bicyclic) bond motifs is 3. The van der Waals surface area contributed by atoms with Gasteiger partial charge in [0.15, 0.2) is 5.58 Å². The quantitative estimate of drug-likeness (QED) is 0.404. The van der Waals surface area contributed by atoms with Crippen LogP contribution in [0.25, 0.3) is 39.0 Å². The molecule has 0 amide bonds. The molecule has 1 atom stereocenters. The maximum absolute atomic E-state index is 13.3. The van der Waals surface area contributed by atoms with E-state index in [1.54, 1.807) is 49.5 Å². The van der Waals surface area contributed by atoms with Crippen LogP contribution in [0, 0.1) is 0 Å². The summed E-state index contributed by atoms with van der Waals surface area (Å²) >= 11 is 0. The number of rotatable bonds is 7. The van der Waals surface area contributed by atoms with E-state index in [9.17, 15) is 4.79 Å². The normalized spacial score (nSPS) is 16.6. The van der Waals surface area contributed by atoms with E-state index in [2.05, 4.69) is 19.9 Å². The Morgan fingerprint density at radius 3 is 2.91 bits per heavy atom. The third-order valence-corrected chi connectivity index (χ3v) is 6.14. The molecule has 1 aliphatic heterocycles. The first kappa shape index (κ1) is 22.7. The lowest BCUT2D eigenvalue weighted by Gasteiger charge is -2.13. The predicted octanol–water partition coefficient (Wildman–Crippen LogP) is 3.18. The van der Waals surface area contributed by atoms with Gasteiger partial charge in [0, 0.05) is 67.8 Å².